The lowest BCUT2D eigenvalue weighted by Crippen LogP contribution is -2.40. The first-order chi connectivity index (χ1) is 9.73. The highest BCUT2D eigenvalue weighted by atomic mass is 35.5. The second kappa shape index (κ2) is 6.11. The van der Waals surface area contributed by atoms with E-state index in [2.05, 4.69) is 0 Å². The molecular formula is C15H16ClF5. The summed E-state index contributed by atoms with van der Waals surface area (Å²) in [5.74, 6) is -4.58. The highest BCUT2D eigenvalue weighted by molar-refractivity contribution is 6.21. The normalized spacial score (nSPS) is 19.5. The third-order valence-electron chi connectivity index (χ3n) is 4.00. The average Bonchev–Trinajstić information content (AvgIpc) is 2.46. The fourth-order valence-corrected chi connectivity index (χ4v) is 3.00. The second-order valence-corrected chi connectivity index (χ2v) is 5.92. The number of hydrogen-bond donors (Lipinski definition) is 0. The zero-order valence-corrected chi connectivity index (χ0v) is 12.0. The Morgan fingerprint density at radius 3 is 1.90 bits per heavy atom. The smallest absolute Gasteiger partial charge is 0.194 e. The summed E-state index contributed by atoms with van der Waals surface area (Å²) in [4.78, 5) is 0. The molecule has 0 bridgehead atoms. The van der Waals surface area contributed by atoms with Crippen LogP contribution in [-0.4, -0.2) is 12.1 Å². The first-order valence-electron chi connectivity index (χ1n) is 6.92. The zero-order chi connectivity index (χ0) is 15.7. The predicted octanol–water partition coefficient (Wildman–Crippen LogP) is 6.21. The molecule has 1 aliphatic rings. The molecule has 1 unspecified atom stereocenters. The monoisotopic (exact) mass is 326 g/mol. The van der Waals surface area contributed by atoms with Gasteiger partial charge in [0.25, 0.3) is 0 Å². The van der Waals surface area contributed by atoms with Gasteiger partial charge in [0.15, 0.2) is 0 Å². The molecule has 0 spiro atoms. The van der Waals surface area contributed by atoms with Crippen LogP contribution in [0.4, 0.5) is 22.0 Å². The minimum Gasteiger partial charge on any atom is -0.194 e. The van der Waals surface area contributed by atoms with Crippen LogP contribution in [0.15, 0.2) is 24.3 Å². The minimum atomic E-state index is -5.65. The van der Waals surface area contributed by atoms with Crippen LogP contribution < -0.4 is 0 Å². The Kier molecular flexibility index (Phi) is 4.81. The maximum Gasteiger partial charge on any atom is 0.455 e. The lowest BCUT2D eigenvalue weighted by atomic mass is 9.84. The molecule has 6 heteroatoms. The van der Waals surface area contributed by atoms with Crippen LogP contribution in [0.25, 0.3) is 0 Å². The molecule has 1 aliphatic carbocycles. The molecule has 0 amide bonds. The van der Waals surface area contributed by atoms with E-state index in [1.807, 2.05) is 0 Å². The van der Waals surface area contributed by atoms with E-state index in [9.17, 15) is 22.0 Å². The van der Waals surface area contributed by atoms with E-state index in [1.54, 1.807) is 12.1 Å². The van der Waals surface area contributed by atoms with E-state index in [0.29, 0.717) is 5.92 Å². The molecule has 0 aliphatic heterocycles. The van der Waals surface area contributed by atoms with Crippen molar-refractivity contribution in [2.24, 2.45) is 0 Å². The Balaban J connectivity index is 2.15. The second-order valence-electron chi connectivity index (χ2n) is 5.48. The molecule has 21 heavy (non-hydrogen) atoms. The summed E-state index contributed by atoms with van der Waals surface area (Å²) in [7, 11) is 0. The van der Waals surface area contributed by atoms with Gasteiger partial charge in [-0.2, -0.15) is 22.0 Å². The number of hydrogen-bond acceptors (Lipinski definition) is 0. The minimum absolute atomic E-state index is 0.210. The number of benzene rings is 1. The van der Waals surface area contributed by atoms with Gasteiger partial charge >= 0.3 is 12.1 Å². The Bertz CT molecular complexity index is 460. The van der Waals surface area contributed by atoms with Crippen molar-refractivity contribution in [1.29, 1.82) is 0 Å². The largest absolute Gasteiger partial charge is 0.455 e. The van der Waals surface area contributed by atoms with Crippen molar-refractivity contribution in [2.75, 3.05) is 0 Å². The first-order valence-corrected chi connectivity index (χ1v) is 7.35. The summed E-state index contributed by atoms with van der Waals surface area (Å²) in [6, 6.07) is 5.79. The van der Waals surface area contributed by atoms with Gasteiger partial charge in [-0.05, 0) is 29.9 Å². The maximum absolute atomic E-state index is 13.2. The fourth-order valence-electron chi connectivity index (χ4n) is 2.73. The SMILES string of the molecule is FC(F)(F)C(F)(F)C(Cl)c1ccc(C2CCCCC2)cc1. The van der Waals surface area contributed by atoms with Crippen molar-refractivity contribution < 1.29 is 22.0 Å². The van der Waals surface area contributed by atoms with Crippen molar-refractivity contribution >= 4 is 11.6 Å². The third-order valence-corrected chi connectivity index (χ3v) is 4.53. The molecule has 0 nitrogen and oxygen atoms in total. The molecule has 118 valence electrons. The van der Waals surface area contributed by atoms with Gasteiger partial charge in [-0.25, -0.2) is 0 Å². The van der Waals surface area contributed by atoms with Gasteiger partial charge in [-0.3, -0.25) is 0 Å². The maximum atomic E-state index is 13.2. The van der Waals surface area contributed by atoms with Crippen LogP contribution in [0.3, 0.4) is 0 Å². The Morgan fingerprint density at radius 1 is 0.905 bits per heavy atom. The summed E-state index contributed by atoms with van der Waals surface area (Å²) in [6.07, 6.45) is -0.157. The third kappa shape index (κ3) is 3.50. The first kappa shape index (κ1) is 16.5. The summed E-state index contributed by atoms with van der Waals surface area (Å²) in [5, 5.41) is -2.40. The van der Waals surface area contributed by atoms with Crippen molar-refractivity contribution in [3.63, 3.8) is 0 Å². The van der Waals surface area contributed by atoms with E-state index in [4.69, 9.17) is 11.6 Å². The Labute approximate surface area is 125 Å². The van der Waals surface area contributed by atoms with Gasteiger partial charge in [0.05, 0.1) is 0 Å². The Morgan fingerprint density at radius 2 is 1.43 bits per heavy atom. The number of alkyl halides is 6. The van der Waals surface area contributed by atoms with Gasteiger partial charge in [-0.1, -0.05) is 43.5 Å². The molecular weight excluding hydrogens is 311 g/mol. The molecule has 1 aromatic rings. The van der Waals surface area contributed by atoms with Crippen LogP contribution in [0.1, 0.15) is 54.5 Å². The molecule has 0 saturated heterocycles. The molecule has 0 radical (unpaired) electrons. The van der Waals surface area contributed by atoms with Crippen LogP contribution in [0.2, 0.25) is 0 Å². The van der Waals surface area contributed by atoms with Crippen LogP contribution in [0.5, 0.6) is 0 Å². The molecule has 0 N–H and O–H groups in total. The molecule has 2 rings (SSSR count). The van der Waals surface area contributed by atoms with Crippen molar-refractivity contribution in [3.8, 4) is 0 Å². The van der Waals surface area contributed by atoms with Gasteiger partial charge in [0, 0.05) is 0 Å². The summed E-state index contributed by atoms with van der Waals surface area (Å²) >= 11 is 5.35. The van der Waals surface area contributed by atoms with Gasteiger partial charge in [0.2, 0.25) is 0 Å². The van der Waals surface area contributed by atoms with Crippen LogP contribution in [0, 0.1) is 0 Å². The molecule has 1 atom stereocenters. The lowest BCUT2D eigenvalue weighted by molar-refractivity contribution is -0.283. The van der Waals surface area contributed by atoms with E-state index < -0.39 is 17.5 Å². The highest BCUT2D eigenvalue weighted by Crippen LogP contribution is 2.48. The molecule has 0 heterocycles. The van der Waals surface area contributed by atoms with Gasteiger partial charge in [0.1, 0.15) is 5.38 Å². The topological polar surface area (TPSA) is 0 Å². The van der Waals surface area contributed by atoms with Crippen molar-refractivity contribution in [2.45, 2.75) is 55.5 Å². The number of rotatable bonds is 3. The molecule has 1 saturated carbocycles. The van der Waals surface area contributed by atoms with E-state index in [0.717, 1.165) is 31.2 Å². The molecule has 0 aromatic heterocycles. The van der Waals surface area contributed by atoms with Gasteiger partial charge < -0.3 is 0 Å². The standard InChI is InChI=1S/C15H16ClF5/c16-13(14(17,18)15(19,20)21)12-8-6-11(7-9-12)10-4-2-1-3-5-10/h6-10,13H,1-5H2. The van der Waals surface area contributed by atoms with E-state index in [-0.39, 0.29) is 5.56 Å². The fraction of sp³-hybridized carbons (Fsp3) is 0.600. The van der Waals surface area contributed by atoms with Crippen molar-refractivity contribution in [1.82, 2.24) is 0 Å². The lowest BCUT2D eigenvalue weighted by Gasteiger charge is -2.25. The van der Waals surface area contributed by atoms with E-state index >= 15 is 0 Å². The predicted molar refractivity (Wildman–Crippen MR) is 71.9 cm³/mol. The Hall–Kier alpha value is -0.840. The average molecular weight is 327 g/mol. The van der Waals surface area contributed by atoms with Crippen LogP contribution >= 0.6 is 11.6 Å². The van der Waals surface area contributed by atoms with E-state index in [1.165, 1.54) is 18.6 Å². The molecule has 1 fully saturated rings. The zero-order valence-electron chi connectivity index (χ0n) is 11.3. The quantitative estimate of drug-likeness (QED) is 0.457. The summed E-state index contributed by atoms with van der Waals surface area (Å²) in [5.41, 5.74) is 0.774. The number of halogens is 6. The van der Waals surface area contributed by atoms with Gasteiger partial charge in [-0.15, -0.1) is 11.6 Å². The summed E-state index contributed by atoms with van der Waals surface area (Å²) in [6.45, 7) is 0. The van der Waals surface area contributed by atoms with Crippen molar-refractivity contribution in [3.05, 3.63) is 35.4 Å². The summed E-state index contributed by atoms with van der Waals surface area (Å²) < 4.78 is 63.3. The molecule has 1 aromatic carbocycles. The highest BCUT2D eigenvalue weighted by Gasteiger charge is 2.62. The van der Waals surface area contributed by atoms with Crippen LogP contribution in [-0.2, 0) is 0 Å².